The van der Waals surface area contributed by atoms with Crippen LogP contribution in [0.3, 0.4) is 0 Å². The Morgan fingerprint density at radius 1 is 1.37 bits per heavy atom. The van der Waals surface area contributed by atoms with E-state index >= 15 is 0 Å². The van der Waals surface area contributed by atoms with Crippen LogP contribution in [0.5, 0.6) is 5.75 Å². The fraction of sp³-hybridized carbons (Fsp3) is 0.647. The summed E-state index contributed by atoms with van der Waals surface area (Å²) in [6.45, 7) is 3.18. The highest BCUT2D eigenvalue weighted by Crippen LogP contribution is 2.44. The average Bonchev–Trinajstić information content (AvgIpc) is 3.08. The van der Waals surface area contributed by atoms with Crippen molar-refractivity contribution in [2.45, 2.75) is 45.1 Å². The zero-order chi connectivity index (χ0) is 13.2. The van der Waals surface area contributed by atoms with Crippen molar-refractivity contribution < 1.29 is 4.74 Å². The summed E-state index contributed by atoms with van der Waals surface area (Å²) in [6.07, 6.45) is 6.52. The summed E-state index contributed by atoms with van der Waals surface area (Å²) in [7, 11) is 2.10. The van der Waals surface area contributed by atoms with Gasteiger partial charge in [-0.2, -0.15) is 0 Å². The van der Waals surface area contributed by atoms with E-state index in [4.69, 9.17) is 4.74 Å². The first-order valence-electron chi connectivity index (χ1n) is 7.75. The highest BCUT2D eigenvalue weighted by atomic mass is 16.5. The molecule has 104 valence electrons. The van der Waals surface area contributed by atoms with Crippen molar-refractivity contribution in [3.05, 3.63) is 29.3 Å². The maximum Gasteiger partial charge on any atom is 0.127 e. The first-order chi connectivity index (χ1) is 9.33. The molecule has 1 aromatic carbocycles. The van der Waals surface area contributed by atoms with Crippen molar-refractivity contribution in [2.24, 2.45) is 11.8 Å². The number of para-hydroxylation sites is 1. The minimum absolute atomic E-state index is 0.463. The van der Waals surface area contributed by atoms with Gasteiger partial charge in [-0.05, 0) is 37.3 Å². The number of rotatable bonds is 4. The normalized spacial score (nSPS) is 27.1. The molecule has 2 heteroatoms. The van der Waals surface area contributed by atoms with Crippen LogP contribution in [-0.4, -0.2) is 13.7 Å². The molecule has 19 heavy (non-hydrogen) atoms. The molecule has 3 atom stereocenters. The fourth-order valence-electron chi connectivity index (χ4n) is 3.92. The molecule has 1 fully saturated rings. The first-order valence-corrected chi connectivity index (χ1v) is 7.75. The highest BCUT2D eigenvalue weighted by molar-refractivity contribution is 5.46. The van der Waals surface area contributed by atoms with E-state index in [0.29, 0.717) is 6.04 Å². The molecule has 1 N–H and O–H groups in total. The quantitative estimate of drug-likeness (QED) is 0.890. The highest BCUT2D eigenvalue weighted by Gasteiger charge is 2.32. The molecule has 3 unspecified atom stereocenters. The fourth-order valence-corrected chi connectivity index (χ4v) is 3.92. The van der Waals surface area contributed by atoms with Crippen LogP contribution in [0.1, 0.15) is 49.8 Å². The Morgan fingerprint density at radius 2 is 2.26 bits per heavy atom. The van der Waals surface area contributed by atoms with E-state index in [9.17, 15) is 0 Å². The summed E-state index contributed by atoms with van der Waals surface area (Å²) in [5, 5.41) is 3.55. The lowest BCUT2D eigenvalue weighted by molar-refractivity contribution is 0.329. The molecule has 0 saturated heterocycles. The Bertz CT molecular complexity index is 443. The monoisotopic (exact) mass is 259 g/mol. The SMILES string of the molecule is CCC1CCC(C(NC)c2cccc3c2OCC3)C1. The summed E-state index contributed by atoms with van der Waals surface area (Å²) in [5.74, 6) is 2.87. The van der Waals surface area contributed by atoms with Crippen LogP contribution >= 0.6 is 0 Å². The van der Waals surface area contributed by atoms with E-state index in [-0.39, 0.29) is 0 Å². The van der Waals surface area contributed by atoms with Gasteiger partial charge in [0.05, 0.1) is 6.61 Å². The summed E-state index contributed by atoms with van der Waals surface area (Å²) in [4.78, 5) is 0. The van der Waals surface area contributed by atoms with Crippen molar-refractivity contribution in [3.8, 4) is 5.75 Å². The molecule has 3 rings (SSSR count). The standard InChI is InChI=1S/C17H25NO/c1-3-12-7-8-14(11-12)16(18-2)15-6-4-5-13-9-10-19-17(13)15/h4-6,12,14,16,18H,3,7-11H2,1-2H3. The number of benzene rings is 1. The van der Waals surface area contributed by atoms with Crippen molar-refractivity contribution in [2.75, 3.05) is 13.7 Å². The second-order valence-corrected chi connectivity index (χ2v) is 6.05. The minimum Gasteiger partial charge on any atom is -0.493 e. The molecule has 0 radical (unpaired) electrons. The summed E-state index contributed by atoms with van der Waals surface area (Å²) < 4.78 is 5.89. The van der Waals surface area contributed by atoms with Gasteiger partial charge in [-0.25, -0.2) is 0 Å². The van der Waals surface area contributed by atoms with E-state index < -0.39 is 0 Å². The molecular weight excluding hydrogens is 234 g/mol. The lowest BCUT2D eigenvalue weighted by Crippen LogP contribution is -2.24. The van der Waals surface area contributed by atoms with Gasteiger partial charge in [-0.15, -0.1) is 0 Å². The van der Waals surface area contributed by atoms with Crippen LogP contribution < -0.4 is 10.1 Å². The largest absolute Gasteiger partial charge is 0.493 e. The van der Waals surface area contributed by atoms with Gasteiger partial charge in [0.25, 0.3) is 0 Å². The topological polar surface area (TPSA) is 21.3 Å². The van der Waals surface area contributed by atoms with Gasteiger partial charge in [-0.3, -0.25) is 0 Å². The summed E-state index contributed by atoms with van der Waals surface area (Å²) in [5.41, 5.74) is 2.78. The van der Waals surface area contributed by atoms with Gasteiger partial charge in [0.2, 0.25) is 0 Å². The van der Waals surface area contributed by atoms with Crippen LogP contribution in [0.2, 0.25) is 0 Å². The van der Waals surface area contributed by atoms with Gasteiger partial charge in [-0.1, -0.05) is 38.0 Å². The average molecular weight is 259 g/mol. The molecular formula is C17H25NO. The van der Waals surface area contributed by atoms with Crippen molar-refractivity contribution in [1.82, 2.24) is 5.32 Å². The van der Waals surface area contributed by atoms with Crippen molar-refractivity contribution >= 4 is 0 Å². The number of hydrogen-bond acceptors (Lipinski definition) is 2. The minimum atomic E-state index is 0.463. The molecule has 1 aromatic rings. The molecule has 0 amide bonds. The third-order valence-electron chi connectivity index (χ3n) is 5.02. The molecule has 1 heterocycles. The zero-order valence-corrected chi connectivity index (χ0v) is 12.1. The van der Waals surface area contributed by atoms with E-state index in [0.717, 1.165) is 24.9 Å². The Labute approximate surface area is 116 Å². The Kier molecular flexibility index (Phi) is 3.79. The summed E-state index contributed by atoms with van der Waals surface area (Å²) >= 11 is 0. The Morgan fingerprint density at radius 3 is 3.00 bits per heavy atom. The predicted molar refractivity (Wildman–Crippen MR) is 78.6 cm³/mol. The lowest BCUT2D eigenvalue weighted by atomic mass is 9.89. The Hall–Kier alpha value is -1.02. The van der Waals surface area contributed by atoms with Crippen LogP contribution in [0.15, 0.2) is 18.2 Å². The van der Waals surface area contributed by atoms with E-state index in [1.54, 1.807) is 0 Å². The van der Waals surface area contributed by atoms with Crippen LogP contribution in [0.4, 0.5) is 0 Å². The third-order valence-corrected chi connectivity index (χ3v) is 5.02. The van der Waals surface area contributed by atoms with E-state index in [1.807, 2.05) is 0 Å². The van der Waals surface area contributed by atoms with Gasteiger partial charge in [0.1, 0.15) is 5.75 Å². The smallest absolute Gasteiger partial charge is 0.127 e. The summed E-state index contributed by atoms with van der Waals surface area (Å²) in [6, 6.07) is 7.12. The third kappa shape index (κ3) is 2.38. The number of fused-ring (bicyclic) bond motifs is 1. The van der Waals surface area contributed by atoms with Crippen LogP contribution in [-0.2, 0) is 6.42 Å². The van der Waals surface area contributed by atoms with Crippen molar-refractivity contribution in [3.63, 3.8) is 0 Å². The molecule has 2 aliphatic rings. The Balaban J connectivity index is 1.85. The lowest BCUT2D eigenvalue weighted by Gasteiger charge is -2.25. The van der Waals surface area contributed by atoms with Gasteiger partial charge < -0.3 is 10.1 Å². The van der Waals surface area contributed by atoms with Gasteiger partial charge in [0.15, 0.2) is 0 Å². The zero-order valence-electron chi connectivity index (χ0n) is 12.1. The van der Waals surface area contributed by atoms with Crippen molar-refractivity contribution in [1.29, 1.82) is 0 Å². The second kappa shape index (κ2) is 5.54. The molecule has 0 aromatic heterocycles. The van der Waals surface area contributed by atoms with Gasteiger partial charge in [0, 0.05) is 18.0 Å². The molecule has 1 saturated carbocycles. The number of ether oxygens (including phenoxy) is 1. The maximum atomic E-state index is 5.89. The number of hydrogen-bond donors (Lipinski definition) is 1. The molecule has 1 aliphatic carbocycles. The second-order valence-electron chi connectivity index (χ2n) is 6.05. The molecule has 0 spiro atoms. The first kappa shape index (κ1) is 13.0. The molecule has 2 nitrogen and oxygen atoms in total. The van der Waals surface area contributed by atoms with E-state index in [2.05, 4.69) is 37.5 Å². The molecule has 1 aliphatic heterocycles. The maximum absolute atomic E-state index is 5.89. The predicted octanol–water partition coefficient (Wildman–Crippen LogP) is 3.71. The van der Waals surface area contributed by atoms with Crippen LogP contribution in [0, 0.1) is 11.8 Å². The molecule has 0 bridgehead atoms. The number of nitrogens with one attached hydrogen (secondary N) is 1. The van der Waals surface area contributed by atoms with E-state index in [1.165, 1.54) is 42.6 Å². The van der Waals surface area contributed by atoms with Crippen LogP contribution in [0.25, 0.3) is 0 Å². The van der Waals surface area contributed by atoms with Gasteiger partial charge >= 0.3 is 0 Å².